The summed E-state index contributed by atoms with van der Waals surface area (Å²) in [4.78, 5) is 37.0. The Balaban J connectivity index is 2.34. The first-order valence-corrected chi connectivity index (χ1v) is 7.00. The average Bonchev–Trinajstić information content (AvgIpc) is 2.49. The smallest absolute Gasteiger partial charge is 0.306 e. The monoisotopic (exact) mass is 305 g/mol. The van der Waals surface area contributed by atoms with Crippen LogP contribution in [0.3, 0.4) is 0 Å². The van der Waals surface area contributed by atoms with Gasteiger partial charge in [-0.3, -0.25) is 14.4 Å². The second-order valence-corrected chi connectivity index (χ2v) is 5.42. The lowest BCUT2D eigenvalue weighted by molar-refractivity contribution is -0.141. The first kappa shape index (κ1) is 16.0. The lowest BCUT2D eigenvalue weighted by Crippen LogP contribution is -2.35. The Labute approximate surface area is 129 Å². The predicted molar refractivity (Wildman–Crippen MR) is 80.2 cm³/mol. The highest BCUT2D eigenvalue weighted by molar-refractivity contribution is 6.04. The van der Waals surface area contributed by atoms with Crippen LogP contribution in [-0.2, 0) is 14.3 Å². The van der Waals surface area contributed by atoms with Gasteiger partial charge in [0.1, 0.15) is 5.75 Å². The summed E-state index contributed by atoms with van der Waals surface area (Å²) in [6.07, 6.45) is 0.0249. The van der Waals surface area contributed by atoms with Crippen LogP contribution in [0.4, 0.5) is 5.69 Å². The van der Waals surface area contributed by atoms with Gasteiger partial charge in [0, 0.05) is 18.5 Å². The van der Waals surface area contributed by atoms with E-state index in [9.17, 15) is 14.4 Å². The fourth-order valence-corrected chi connectivity index (χ4v) is 2.38. The molecule has 0 N–H and O–H groups in total. The van der Waals surface area contributed by atoms with Gasteiger partial charge in [-0.05, 0) is 24.6 Å². The summed E-state index contributed by atoms with van der Waals surface area (Å²) in [7, 11) is 2.94. The van der Waals surface area contributed by atoms with Gasteiger partial charge >= 0.3 is 5.97 Å². The molecule has 1 aliphatic heterocycles. The van der Waals surface area contributed by atoms with Crippen LogP contribution in [0.1, 0.15) is 29.3 Å². The van der Waals surface area contributed by atoms with E-state index >= 15 is 0 Å². The molecule has 1 amide bonds. The molecule has 0 saturated carbocycles. The molecule has 0 aromatic heterocycles. The van der Waals surface area contributed by atoms with Gasteiger partial charge in [0.15, 0.2) is 12.4 Å². The third-order valence-corrected chi connectivity index (χ3v) is 3.81. The SMILES string of the molecule is COC(=O)CC(C)C(=O)c1cc2c(cc1C)OCC(=O)N2C. The highest BCUT2D eigenvalue weighted by atomic mass is 16.5. The van der Waals surface area contributed by atoms with Gasteiger partial charge in [0.25, 0.3) is 5.91 Å². The zero-order valence-corrected chi connectivity index (χ0v) is 13.1. The summed E-state index contributed by atoms with van der Waals surface area (Å²) in [5, 5.41) is 0. The van der Waals surface area contributed by atoms with Gasteiger partial charge in [-0.15, -0.1) is 0 Å². The van der Waals surface area contributed by atoms with E-state index in [1.165, 1.54) is 12.0 Å². The molecule has 0 spiro atoms. The quantitative estimate of drug-likeness (QED) is 0.626. The highest BCUT2D eigenvalue weighted by Gasteiger charge is 2.27. The normalized spacial score (nSPS) is 14.9. The fourth-order valence-electron chi connectivity index (χ4n) is 2.38. The lowest BCUT2D eigenvalue weighted by Gasteiger charge is -2.27. The number of nitrogens with zero attached hydrogens (tertiary/aromatic N) is 1. The van der Waals surface area contributed by atoms with Crippen molar-refractivity contribution in [2.24, 2.45) is 5.92 Å². The van der Waals surface area contributed by atoms with Crippen molar-refractivity contribution >= 4 is 23.3 Å². The van der Waals surface area contributed by atoms with E-state index in [1.54, 1.807) is 33.0 Å². The van der Waals surface area contributed by atoms with Gasteiger partial charge in [-0.1, -0.05) is 6.92 Å². The second-order valence-electron chi connectivity index (χ2n) is 5.42. The number of likely N-dealkylation sites (N-methyl/N-ethyl adjacent to an activating group) is 1. The molecule has 0 radical (unpaired) electrons. The minimum absolute atomic E-state index is 0.00498. The molecule has 0 bridgehead atoms. The number of ether oxygens (including phenoxy) is 2. The molecule has 0 fully saturated rings. The van der Waals surface area contributed by atoms with Crippen molar-refractivity contribution in [3.63, 3.8) is 0 Å². The summed E-state index contributed by atoms with van der Waals surface area (Å²) in [6, 6.07) is 3.40. The molecule has 22 heavy (non-hydrogen) atoms. The fraction of sp³-hybridized carbons (Fsp3) is 0.438. The summed E-state index contributed by atoms with van der Waals surface area (Å²) in [5.41, 5.74) is 1.80. The zero-order valence-electron chi connectivity index (χ0n) is 13.1. The van der Waals surface area contributed by atoms with Gasteiger partial charge in [-0.25, -0.2) is 0 Å². The number of carbonyl (C=O) groups excluding carboxylic acids is 3. The number of hydrogen-bond acceptors (Lipinski definition) is 5. The van der Waals surface area contributed by atoms with Crippen molar-refractivity contribution in [3.8, 4) is 5.75 Å². The number of fused-ring (bicyclic) bond motifs is 1. The molecular formula is C16H19NO5. The molecule has 1 aliphatic rings. The minimum atomic E-state index is -0.491. The van der Waals surface area contributed by atoms with Crippen LogP contribution in [-0.4, -0.2) is 38.4 Å². The van der Waals surface area contributed by atoms with Gasteiger partial charge in [0.2, 0.25) is 0 Å². The lowest BCUT2D eigenvalue weighted by atomic mass is 9.92. The second kappa shape index (κ2) is 6.17. The maximum absolute atomic E-state index is 12.5. The topological polar surface area (TPSA) is 72.9 Å². The van der Waals surface area contributed by atoms with Gasteiger partial charge in [-0.2, -0.15) is 0 Å². The summed E-state index contributed by atoms with van der Waals surface area (Å²) in [6.45, 7) is 3.48. The van der Waals surface area contributed by atoms with E-state index in [0.29, 0.717) is 17.0 Å². The van der Waals surface area contributed by atoms with E-state index in [4.69, 9.17) is 4.74 Å². The van der Waals surface area contributed by atoms with Crippen LogP contribution in [0.25, 0.3) is 0 Å². The van der Waals surface area contributed by atoms with E-state index in [-0.39, 0.29) is 24.7 Å². The van der Waals surface area contributed by atoms with Crippen LogP contribution in [0.5, 0.6) is 5.75 Å². The first-order chi connectivity index (χ1) is 10.3. The number of benzene rings is 1. The van der Waals surface area contributed by atoms with Crippen LogP contribution < -0.4 is 9.64 Å². The van der Waals surface area contributed by atoms with E-state index in [0.717, 1.165) is 5.56 Å². The molecule has 0 aliphatic carbocycles. The third-order valence-electron chi connectivity index (χ3n) is 3.81. The molecule has 6 nitrogen and oxygen atoms in total. The van der Waals surface area contributed by atoms with Gasteiger partial charge < -0.3 is 14.4 Å². The molecule has 6 heteroatoms. The largest absolute Gasteiger partial charge is 0.482 e. The summed E-state index contributed by atoms with van der Waals surface area (Å²) < 4.78 is 9.98. The van der Waals surface area contributed by atoms with Crippen LogP contribution in [0.2, 0.25) is 0 Å². The van der Waals surface area contributed by atoms with Crippen molar-refractivity contribution in [2.75, 3.05) is 25.7 Å². The molecule has 2 rings (SSSR count). The molecular weight excluding hydrogens is 286 g/mol. The average molecular weight is 305 g/mol. The van der Waals surface area contributed by atoms with Crippen molar-refractivity contribution in [1.82, 2.24) is 0 Å². The maximum Gasteiger partial charge on any atom is 0.306 e. The molecule has 1 aromatic carbocycles. The number of hydrogen-bond donors (Lipinski definition) is 0. The Morgan fingerprint density at radius 1 is 1.41 bits per heavy atom. The maximum atomic E-state index is 12.5. The Hall–Kier alpha value is -2.37. The predicted octanol–water partition coefficient (Wildman–Crippen LogP) is 1.73. The van der Waals surface area contributed by atoms with E-state index in [2.05, 4.69) is 4.74 Å². The van der Waals surface area contributed by atoms with Crippen LogP contribution >= 0.6 is 0 Å². The minimum Gasteiger partial charge on any atom is -0.482 e. The van der Waals surface area contributed by atoms with Crippen molar-refractivity contribution in [3.05, 3.63) is 23.3 Å². The number of ketones is 1. The van der Waals surface area contributed by atoms with E-state index < -0.39 is 11.9 Å². The Bertz CT molecular complexity index is 638. The van der Waals surface area contributed by atoms with E-state index in [1.807, 2.05) is 0 Å². The first-order valence-electron chi connectivity index (χ1n) is 7.00. The van der Waals surface area contributed by atoms with Crippen LogP contribution in [0, 0.1) is 12.8 Å². The highest BCUT2D eigenvalue weighted by Crippen LogP contribution is 2.34. The third kappa shape index (κ3) is 2.95. The number of aryl methyl sites for hydroxylation is 1. The summed E-state index contributed by atoms with van der Waals surface area (Å²) >= 11 is 0. The molecule has 0 saturated heterocycles. The van der Waals surface area contributed by atoms with Crippen LogP contribution in [0.15, 0.2) is 12.1 Å². The number of rotatable bonds is 4. The number of Topliss-reactive ketones (excluding diaryl/α,β-unsaturated/α-hetero) is 1. The summed E-state index contributed by atoms with van der Waals surface area (Å²) in [5.74, 6) is -0.659. The standard InChI is InChI=1S/C16H19NO5/c1-9-5-13-12(17(3)14(18)8-22-13)7-11(9)16(20)10(2)6-15(19)21-4/h5,7,10H,6,8H2,1-4H3. The Morgan fingerprint density at radius 2 is 2.09 bits per heavy atom. The van der Waals surface area contributed by atoms with Gasteiger partial charge in [0.05, 0.1) is 19.2 Å². The number of anilines is 1. The number of amides is 1. The zero-order chi connectivity index (χ0) is 16.4. The number of esters is 1. The molecule has 1 unspecified atom stereocenters. The number of carbonyl (C=O) groups is 3. The van der Waals surface area contributed by atoms with Crippen molar-refractivity contribution in [1.29, 1.82) is 0 Å². The van der Waals surface area contributed by atoms with Crippen molar-refractivity contribution < 1.29 is 23.9 Å². The molecule has 118 valence electrons. The van der Waals surface area contributed by atoms with Crippen molar-refractivity contribution in [2.45, 2.75) is 20.3 Å². The molecule has 1 aromatic rings. The molecule has 1 heterocycles. The Morgan fingerprint density at radius 3 is 2.73 bits per heavy atom. The number of methoxy groups -OCH3 is 1. The molecule has 1 atom stereocenters. The Kier molecular flexibility index (Phi) is 4.49.